The lowest BCUT2D eigenvalue weighted by Gasteiger charge is -2.35. The van der Waals surface area contributed by atoms with Crippen LogP contribution in [-0.2, 0) is 10.8 Å². The van der Waals surface area contributed by atoms with Crippen LogP contribution in [0, 0.1) is 58.2 Å². The fourth-order valence-corrected chi connectivity index (χ4v) is 14.9. The Hall–Kier alpha value is -12.9. The standard InChI is InChI=1S/C90H54F10N2O2/c1-3-53-13-39-67(40-14-53)103-69-43-21-57(22-44-69)89(83-85(97)79(93)51-80(94)86(83)98)75-11-7-5-9-71(75)73-47-37-65(49-77(73)89)101(63-33-25-59(91)26-34-63)61-29-17-55(18-30-61)56-19-31-62(32-20-56)102(64-35-27-60(92)28-36-64)66-38-48-74-72-10-6-8-12-76(72)90(78(74)50-66,84-87(99)81(95)52-82(96)88(84)100)58-23-45-70(46-24-58)104-68-41-15-54(4-2)16-42-68/h3-52H,1-2H2. The Morgan fingerprint density at radius 3 is 0.865 bits per heavy atom. The van der Waals surface area contributed by atoms with E-state index in [4.69, 9.17) is 9.47 Å². The number of hydrogen-bond donors (Lipinski definition) is 0. The predicted octanol–water partition coefficient (Wildman–Crippen LogP) is 25.3. The summed E-state index contributed by atoms with van der Waals surface area (Å²) in [6, 6.07) is 78.4. The van der Waals surface area contributed by atoms with Crippen molar-refractivity contribution in [3.05, 3.63) is 418 Å². The molecular weight excluding hydrogens is 1330 g/mol. The zero-order valence-electron chi connectivity index (χ0n) is 54.8. The molecule has 0 amide bonds. The van der Waals surface area contributed by atoms with Crippen LogP contribution in [0.1, 0.15) is 55.6 Å². The van der Waals surface area contributed by atoms with Gasteiger partial charge < -0.3 is 19.3 Å². The molecule has 16 rings (SSSR count). The molecule has 0 fully saturated rings. The zero-order chi connectivity index (χ0) is 71.7. The van der Waals surface area contributed by atoms with Gasteiger partial charge in [-0.15, -0.1) is 0 Å². The van der Waals surface area contributed by atoms with Gasteiger partial charge in [0.2, 0.25) is 0 Å². The molecule has 0 aliphatic heterocycles. The van der Waals surface area contributed by atoms with E-state index < -0.39 is 80.1 Å². The first-order valence-electron chi connectivity index (χ1n) is 33.0. The Morgan fingerprint density at radius 2 is 0.548 bits per heavy atom. The number of rotatable bonds is 17. The van der Waals surface area contributed by atoms with E-state index in [2.05, 4.69) is 13.2 Å². The van der Waals surface area contributed by atoms with Crippen LogP contribution in [0.3, 0.4) is 0 Å². The Bertz CT molecular complexity index is 5290. The van der Waals surface area contributed by atoms with Crippen molar-refractivity contribution in [2.75, 3.05) is 9.80 Å². The van der Waals surface area contributed by atoms with Crippen molar-refractivity contribution >= 4 is 46.3 Å². The minimum absolute atomic E-state index is 0.188. The van der Waals surface area contributed by atoms with E-state index in [1.54, 1.807) is 194 Å². The summed E-state index contributed by atoms with van der Waals surface area (Å²) in [4.78, 5) is 3.64. The molecule has 0 bridgehead atoms. The minimum atomic E-state index is -2.04. The number of halogens is 10. The fourth-order valence-electron chi connectivity index (χ4n) is 14.9. The Kier molecular flexibility index (Phi) is 16.6. The first kappa shape index (κ1) is 65.7. The third-order valence-corrected chi connectivity index (χ3v) is 19.6. The van der Waals surface area contributed by atoms with Crippen molar-refractivity contribution < 1.29 is 53.4 Å². The summed E-state index contributed by atoms with van der Waals surface area (Å²) in [7, 11) is 0. The monoisotopic (exact) mass is 1380 g/mol. The number of nitrogens with zero attached hydrogens (tertiary/aromatic N) is 2. The second-order valence-electron chi connectivity index (χ2n) is 25.3. The molecule has 0 heterocycles. The van der Waals surface area contributed by atoms with Gasteiger partial charge in [-0.05, 0) is 223 Å². The van der Waals surface area contributed by atoms with Crippen molar-refractivity contribution in [1.82, 2.24) is 0 Å². The average molecular weight is 1390 g/mol. The van der Waals surface area contributed by atoms with Gasteiger partial charge in [0.1, 0.15) is 34.6 Å². The van der Waals surface area contributed by atoms with E-state index in [9.17, 15) is 8.78 Å². The lowest BCUT2D eigenvalue weighted by atomic mass is 9.67. The lowest BCUT2D eigenvalue weighted by Crippen LogP contribution is -2.32. The summed E-state index contributed by atoms with van der Waals surface area (Å²) in [5.41, 5.74) is 4.15. The van der Waals surface area contributed by atoms with Gasteiger partial charge in [-0.3, -0.25) is 0 Å². The third-order valence-electron chi connectivity index (χ3n) is 19.6. The largest absolute Gasteiger partial charge is 0.457 e. The van der Waals surface area contributed by atoms with Crippen LogP contribution < -0.4 is 19.3 Å². The number of anilines is 6. The molecule has 14 aromatic carbocycles. The number of benzene rings is 14. The zero-order valence-corrected chi connectivity index (χ0v) is 54.8. The first-order valence-corrected chi connectivity index (χ1v) is 33.0. The Morgan fingerprint density at radius 1 is 0.269 bits per heavy atom. The Balaban J connectivity index is 0.789. The maximum Gasteiger partial charge on any atom is 0.166 e. The molecule has 14 aromatic rings. The molecule has 0 saturated carbocycles. The molecule has 2 unspecified atom stereocenters. The average Bonchev–Trinajstić information content (AvgIpc) is 1.52. The molecule has 506 valence electrons. The summed E-state index contributed by atoms with van der Waals surface area (Å²) in [5, 5.41) is 0. The van der Waals surface area contributed by atoms with E-state index in [1.165, 1.54) is 24.3 Å². The quantitative estimate of drug-likeness (QED) is 0.0670. The van der Waals surface area contributed by atoms with Crippen molar-refractivity contribution in [2.45, 2.75) is 10.8 Å². The van der Waals surface area contributed by atoms with E-state index in [1.807, 2.05) is 82.6 Å². The highest BCUT2D eigenvalue weighted by Crippen LogP contribution is 2.61. The summed E-state index contributed by atoms with van der Waals surface area (Å²) < 4.78 is 174. The molecule has 2 aliphatic carbocycles. The summed E-state index contributed by atoms with van der Waals surface area (Å²) in [6.07, 6.45) is 3.38. The van der Waals surface area contributed by atoms with Crippen LogP contribution >= 0.6 is 0 Å². The van der Waals surface area contributed by atoms with Crippen molar-refractivity contribution in [1.29, 1.82) is 0 Å². The SMILES string of the molecule is C=Cc1ccc(Oc2ccc(C3(c4c(F)c(F)cc(F)c4F)c4ccccc4-c4ccc(N(c5ccc(F)cc5)c5ccc(-c6ccc(N(c7ccc(F)cc7)c7ccc8c(c7)C(c7ccc(Oc9ccc(C=C)cc9)cc7)(c7c(F)c(F)cc(F)c7F)c7ccccc7-8)cc6)cc5)cc43)cc2)cc1. The molecule has 2 atom stereocenters. The first-order chi connectivity index (χ1) is 50.5. The summed E-state index contributed by atoms with van der Waals surface area (Å²) >= 11 is 0. The van der Waals surface area contributed by atoms with Crippen LogP contribution in [-0.4, -0.2) is 0 Å². The molecule has 0 N–H and O–H groups in total. The molecule has 14 heteroatoms. The van der Waals surface area contributed by atoms with Gasteiger partial charge >= 0.3 is 0 Å². The van der Waals surface area contributed by atoms with Gasteiger partial charge in [0, 0.05) is 57.4 Å². The van der Waals surface area contributed by atoms with Gasteiger partial charge in [0.15, 0.2) is 46.5 Å². The molecule has 0 aromatic heterocycles. The van der Waals surface area contributed by atoms with Gasteiger partial charge in [-0.2, -0.15) is 0 Å². The maximum absolute atomic E-state index is 17.1. The highest BCUT2D eigenvalue weighted by molar-refractivity contribution is 5.92. The predicted molar refractivity (Wildman–Crippen MR) is 389 cm³/mol. The minimum Gasteiger partial charge on any atom is -0.457 e. The molecule has 0 spiro atoms. The number of ether oxygens (including phenoxy) is 2. The van der Waals surface area contributed by atoms with Crippen molar-refractivity contribution in [2.24, 2.45) is 0 Å². The second kappa shape index (κ2) is 26.2. The molecule has 0 saturated heterocycles. The van der Waals surface area contributed by atoms with Gasteiger partial charge in [0.25, 0.3) is 0 Å². The van der Waals surface area contributed by atoms with Crippen LogP contribution in [0.2, 0.25) is 0 Å². The lowest BCUT2D eigenvalue weighted by molar-refractivity contribution is 0.426. The van der Waals surface area contributed by atoms with Crippen molar-refractivity contribution in [3.63, 3.8) is 0 Å². The van der Waals surface area contributed by atoms with E-state index >= 15 is 35.1 Å². The Labute approximate surface area is 591 Å². The van der Waals surface area contributed by atoms with E-state index in [-0.39, 0.29) is 34.4 Å². The summed E-state index contributed by atoms with van der Waals surface area (Å²) in [5.74, 6) is -12.1. The van der Waals surface area contributed by atoms with Crippen LogP contribution in [0.25, 0.3) is 45.5 Å². The summed E-state index contributed by atoms with van der Waals surface area (Å²) in [6.45, 7) is 7.62. The van der Waals surface area contributed by atoms with Crippen molar-refractivity contribution in [3.8, 4) is 56.4 Å². The highest BCUT2D eigenvalue weighted by atomic mass is 19.2. The molecule has 0 radical (unpaired) electrons. The number of fused-ring (bicyclic) bond motifs is 6. The molecule has 4 nitrogen and oxygen atoms in total. The smallest absolute Gasteiger partial charge is 0.166 e. The van der Waals surface area contributed by atoms with Gasteiger partial charge in [-0.25, -0.2) is 43.9 Å². The van der Waals surface area contributed by atoms with Crippen LogP contribution in [0.15, 0.2) is 304 Å². The highest BCUT2D eigenvalue weighted by Gasteiger charge is 2.53. The maximum atomic E-state index is 17.1. The topological polar surface area (TPSA) is 24.9 Å². The number of hydrogen-bond acceptors (Lipinski definition) is 4. The molecule has 2 aliphatic rings. The fraction of sp³-hybridized carbons (Fsp3) is 0.0222. The normalized spacial score (nSPS) is 14.6. The van der Waals surface area contributed by atoms with Gasteiger partial charge in [0.05, 0.1) is 10.8 Å². The van der Waals surface area contributed by atoms with Crippen LogP contribution in [0.5, 0.6) is 23.0 Å². The third kappa shape index (κ3) is 11.0. The molecular formula is C90H54F10N2O2. The van der Waals surface area contributed by atoms with Crippen LogP contribution in [0.4, 0.5) is 78.0 Å². The second-order valence-corrected chi connectivity index (χ2v) is 25.3. The van der Waals surface area contributed by atoms with E-state index in [0.29, 0.717) is 90.5 Å². The molecule has 104 heavy (non-hydrogen) atoms. The van der Waals surface area contributed by atoms with Gasteiger partial charge in [-0.1, -0.05) is 159 Å². The van der Waals surface area contributed by atoms with E-state index in [0.717, 1.165) is 22.3 Å².